The van der Waals surface area contributed by atoms with Crippen LogP contribution in [-0.4, -0.2) is 16.9 Å². The van der Waals surface area contributed by atoms with Gasteiger partial charge in [0.25, 0.3) is 0 Å². The van der Waals surface area contributed by atoms with E-state index >= 15 is 0 Å². The number of ketones is 1. The lowest BCUT2D eigenvalue weighted by molar-refractivity contribution is -0.145. The number of rotatable bonds is 1. The van der Waals surface area contributed by atoms with Crippen LogP contribution in [0.5, 0.6) is 0 Å². The molecule has 0 aliphatic heterocycles. The lowest BCUT2D eigenvalue weighted by atomic mass is 9.64. The number of carboxylic acid groups (broad SMARTS) is 1. The second kappa shape index (κ2) is 3.47. The molecule has 3 nitrogen and oxygen atoms in total. The van der Waals surface area contributed by atoms with Crippen LogP contribution in [0.2, 0.25) is 0 Å². The molecule has 0 amide bonds. The first kappa shape index (κ1) is 10.4. The van der Waals surface area contributed by atoms with Gasteiger partial charge >= 0.3 is 5.97 Å². The van der Waals surface area contributed by atoms with E-state index in [0.29, 0.717) is 6.42 Å². The normalized spacial score (nSPS) is 29.3. The first-order valence-corrected chi connectivity index (χ1v) is 5.49. The minimum Gasteiger partial charge on any atom is -0.481 e. The molecule has 1 saturated carbocycles. The average molecular weight is 208 g/mol. The Morgan fingerprint density at radius 3 is 2.60 bits per heavy atom. The smallest absolute Gasteiger partial charge is 0.311 e. The molecule has 1 atom stereocenters. The van der Waals surface area contributed by atoms with Crippen molar-refractivity contribution in [2.75, 3.05) is 0 Å². The zero-order valence-electron chi connectivity index (χ0n) is 8.95. The molecule has 2 rings (SSSR count). The summed E-state index contributed by atoms with van der Waals surface area (Å²) in [4.78, 5) is 22.8. The second-order valence-electron chi connectivity index (χ2n) is 4.87. The van der Waals surface area contributed by atoms with Crippen LogP contribution in [0.15, 0.2) is 11.6 Å². The van der Waals surface area contributed by atoms with E-state index in [-0.39, 0.29) is 11.2 Å². The third-order valence-corrected chi connectivity index (χ3v) is 3.83. The average Bonchev–Trinajstić information content (AvgIpc) is 2.50. The van der Waals surface area contributed by atoms with Crippen LogP contribution in [0.4, 0.5) is 0 Å². The van der Waals surface area contributed by atoms with Crippen molar-refractivity contribution in [1.82, 2.24) is 0 Å². The quantitative estimate of drug-likeness (QED) is 0.718. The predicted molar refractivity (Wildman–Crippen MR) is 55.4 cm³/mol. The van der Waals surface area contributed by atoms with Gasteiger partial charge in [-0.2, -0.15) is 0 Å². The van der Waals surface area contributed by atoms with Gasteiger partial charge in [0.1, 0.15) is 0 Å². The van der Waals surface area contributed by atoms with Crippen LogP contribution in [0, 0.1) is 11.3 Å². The molecule has 1 spiro atoms. The highest BCUT2D eigenvalue weighted by Gasteiger charge is 2.48. The fraction of sp³-hybridized carbons (Fsp3) is 0.667. The Morgan fingerprint density at radius 2 is 2.07 bits per heavy atom. The van der Waals surface area contributed by atoms with Gasteiger partial charge in [-0.3, -0.25) is 9.59 Å². The molecule has 15 heavy (non-hydrogen) atoms. The zero-order chi connectivity index (χ0) is 11.1. The first-order chi connectivity index (χ1) is 7.05. The molecule has 0 heterocycles. The molecule has 0 bridgehead atoms. The van der Waals surface area contributed by atoms with Gasteiger partial charge in [-0.15, -0.1) is 0 Å². The summed E-state index contributed by atoms with van der Waals surface area (Å²) in [6, 6.07) is 0. The highest BCUT2D eigenvalue weighted by molar-refractivity contribution is 5.94. The Hall–Kier alpha value is -1.12. The SMILES string of the molecule is CC1=CC(=O)CC2(CCCC2)C1C(=O)O. The highest BCUT2D eigenvalue weighted by atomic mass is 16.4. The van der Waals surface area contributed by atoms with E-state index in [1.165, 1.54) is 6.08 Å². The lowest BCUT2D eigenvalue weighted by Crippen LogP contribution is -2.39. The molecular weight excluding hydrogens is 192 g/mol. The van der Waals surface area contributed by atoms with Crippen molar-refractivity contribution in [2.45, 2.75) is 39.0 Å². The van der Waals surface area contributed by atoms with Gasteiger partial charge in [0.2, 0.25) is 0 Å². The predicted octanol–water partition coefficient (Wildman–Crippen LogP) is 2.17. The standard InChI is InChI=1S/C12H16O3/c1-8-6-9(13)7-12(4-2-3-5-12)10(8)11(14)15/h6,10H,2-5,7H2,1H3,(H,14,15). The summed E-state index contributed by atoms with van der Waals surface area (Å²) in [5.74, 6) is -1.09. The number of aliphatic carboxylic acids is 1. The summed E-state index contributed by atoms with van der Waals surface area (Å²) in [7, 11) is 0. The molecule has 2 aliphatic rings. The van der Waals surface area contributed by atoms with Gasteiger partial charge in [0, 0.05) is 6.42 Å². The van der Waals surface area contributed by atoms with Crippen LogP contribution in [0.3, 0.4) is 0 Å². The minimum atomic E-state index is -0.766. The van der Waals surface area contributed by atoms with Crippen LogP contribution >= 0.6 is 0 Å². The van der Waals surface area contributed by atoms with Crippen molar-refractivity contribution < 1.29 is 14.7 Å². The number of carboxylic acids is 1. The summed E-state index contributed by atoms with van der Waals surface area (Å²) < 4.78 is 0. The molecule has 1 fully saturated rings. The van der Waals surface area contributed by atoms with Gasteiger partial charge in [-0.05, 0) is 31.3 Å². The highest BCUT2D eigenvalue weighted by Crippen LogP contribution is 2.51. The van der Waals surface area contributed by atoms with Gasteiger partial charge < -0.3 is 5.11 Å². The third kappa shape index (κ3) is 1.60. The fourth-order valence-electron chi connectivity index (χ4n) is 3.32. The van der Waals surface area contributed by atoms with Crippen molar-refractivity contribution in [2.24, 2.45) is 11.3 Å². The van der Waals surface area contributed by atoms with Gasteiger partial charge in [0.05, 0.1) is 5.92 Å². The first-order valence-electron chi connectivity index (χ1n) is 5.49. The van der Waals surface area contributed by atoms with Crippen molar-refractivity contribution in [1.29, 1.82) is 0 Å². The maximum atomic E-state index is 11.5. The molecule has 2 aliphatic carbocycles. The number of hydrogen-bond donors (Lipinski definition) is 1. The Kier molecular flexibility index (Phi) is 2.41. The van der Waals surface area contributed by atoms with E-state index in [1.54, 1.807) is 6.92 Å². The molecule has 0 aromatic carbocycles. The summed E-state index contributed by atoms with van der Waals surface area (Å²) in [6.45, 7) is 1.77. The number of carbonyl (C=O) groups is 2. The Balaban J connectivity index is 2.40. The van der Waals surface area contributed by atoms with Crippen LogP contribution in [0.25, 0.3) is 0 Å². The number of allylic oxidation sites excluding steroid dienone is 1. The van der Waals surface area contributed by atoms with E-state index in [0.717, 1.165) is 31.3 Å². The monoisotopic (exact) mass is 208 g/mol. The van der Waals surface area contributed by atoms with Crippen molar-refractivity contribution in [3.63, 3.8) is 0 Å². The third-order valence-electron chi connectivity index (χ3n) is 3.83. The minimum absolute atomic E-state index is 0.104. The second-order valence-corrected chi connectivity index (χ2v) is 4.87. The molecular formula is C12H16O3. The molecule has 0 saturated heterocycles. The number of hydrogen-bond acceptors (Lipinski definition) is 2. The van der Waals surface area contributed by atoms with Crippen LogP contribution in [-0.2, 0) is 9.59 Å². The molecule has 3 heteroatoms. The van der Waals surface area contributed by atoms with E-state index in [9.17, 15) is 14.7 Å². The van der Waals surface area contributed by atoms with Gasteiger partial charge in [-0.1, -0.05) is 18.4 Å². The maximum Gasteiger partial charge on any atom is 0.311 e. The van der Waals surface area contributed by atoms with Gasteiger partial charge in [0.15, 0.2) is 5.78 Å². The molecule has 1 N–H and O–H groups in total. The molecule has 82 valence electrons. The summed E-state index contributed by atoms with van der Waals surface area (Å²) >= 11 is 0. The van der Waals surface area contributed by atoms with Crippen molar-refractivity contribution >= 4 is 11.8 Å². The topological polar surface area (TPSA) is 54.4 Å². The Bertz CT molecular complexity index is 335. The molecule has 0 aromatic rings. The Morgan fingerprint density at radius 1 is 1.47 bits per heavy atom. The summed E-state index contributed by atoms with van der Waals surface area (Å²) in [5.41, 5.74) is 0.475. The summed E-state index contributed by atoms with van der Waals surface area (Å²) in [6.07, 6.45) is 5.85. The molecule has 0 aromatic heterocycles. The van der Waals surface area contributed by atoms with E-state index < -0.39 is 11.9 Å². The maximum absolute atomic E-state index is 11.5. The van der Waals surface area contributed by atoms with E-state index in [2.05, 4.69) is 0 Å². The van der Waals surface area contributed by atoms with E-state index in [4.69, 9.17) is 0 Å². The lowest BCUT2D eigenvalue weighted by Gasteiger charge is -2.37. The van der Waals surface area contributed by atoms with Crippen LogP contribution in [0.1, 0.15) is 39.0 Å². The molecule has 0 radical (unpaired) electrons. The largest absolute Gasteiger partial charge is 0.481 e. The van der Waals surface area contributed by atoms with Gasteiger partial charge in [-0.25, -0.2) is 0 Å². The Labute approximate surface area is 89.2 Å². The van der Waals surface area contributed by atoms with E-state index in [1.807, 2.05) is 0 Å². The zero-order valence-corrected chi connectivity index (χ0v) is 8.95. The van der Waals surface area contributed by atoms with Crippen LogP contribution < -0.4 is 0 Å². The molecule has 1 unspecified atom stereocenters. The summed E-state index contributed by atoms with van der Waals surface area (Å²) in [5, 5.41) is 9.27. The van der Waals surface area contributed by atoms with Crippen molar-refractivity contribution in [3.8, 4) is 0 Å². The number of carbonyl (C=O) groups excluding carboxylic acids is 1. The fourth-order valence-corrected chi connectivity index (χ4v) is 3.32. The van der Waals surface area contributed by atoms with Crippen molar-refractivity contribution in [3.05, 3.63) is 11.6 Å².